The number of ether oxygens (including phenoxy) is 2. The standard InChI is InChI=1S/C23H30ClN3O3/c1-4-6-13-27(14-7-5-2)23(28)29-19-15-20(24)25-26-22(19)30-21-16(3)9-8-10-18(21)17-11-12-17/h8-10,15,17H,4-7,11-14H2,1-3H3. The van der Waals surface area contributed by atoms with Crippen molar-refractivity contribution in [1.82, 2.24) is 15.1 Å². The smallest absolute Gasteiger partial charge is 0.415 e. The molecule has 1 fully saturated rings. The summed E-state index contributed by atoms with van der Waals surface area (Å²) in [6.07, 6.45) is 5.74. The summed E-state index contributed by atoms with van der Waals surface area (Å²) in [5.74, 6) is 1.59. The van der Waals surface area contributed by atoms with E-state index >= 15 is 0 Å². The molecule has 7 heteroatoms. The zero-order chi connectivity index (χ0) is 21.5. The minimum Gasteiger partial charge on any atom is -0.434 e. The molecule has 6 nitrogen and oxygen atoms in total. The number of aryl methyl sites for hydroxylation is 1. The minimum absolute atomic E-state index is 0.144. The molecule has 0 saturated heterocycles. The van der Waals surface area contributed by atoms with Crippen LogP contribution in [-0.2, 0) is 0 Å². The Bertz CT molecular complexity index is 863. The Morgan fingerprint density at radius 3 is 2.50 bits per heavy atom. The van der Waals surface area contributed by atoms with Crippen molar-refractivity contribution in [2.45, 2.75) is 65.2 Å². The van der Waals surface area contributed by atoms with Gasteiger partial charge in [0, 0.05) is 19.2 Å². The Kier molecular flexibility index (Phi) is 7.91. The highest BCUT2D eigenvalue weighted by molar-refractivity contribution is 6.29. The maximum absolute atomic E-state index is 12.8. The number of rotatable bonds is 10. The quantitative estimate of drug-likeness (QED) is 0.429. The van der Waals surface area contributed by atoms with E-state index in [9.17, 15) is 4.79 Å². The predicted molar refractivity (Wildman–Crippen MR) is 118 cm³/mol. The number of hydrogen-bond acceptors (Lipinski definition) is 5. The number of carbonyl (C=O) groups is 1. The molecule has 1 heterocycles. The van der Waals surface area contributed by atoms with Gasteiger partial charge >= 0.3 is 6.09 Å². The summed E-state index contributed by atoms with van der Waals surface area (Å²) >= 11 is 6.04. The van der Waals surface area contributed by atoms with Crippen molar-refractivity contribution in [3.05, 3.63) is 40.5 Å². The summed E-state index contributed by atoms with van der Waals surface area (Å²) < 4.78 is 11.8. The number of aromatic nitrogens is 2. The molecule has 162 valence electrons. The fourth-order valence-corrected chi connectivity index (χ4v) is 3.40. The number of amides is 1. The van der Waals surface area contributed by atoms with Gasteiger partial charge in [0.1, 0.15) is 5.75 Å². The molecule has 1 aliphatic carbocycles. The van der Waals surface area contributed by atoms with E-state index in [2.05, 4.69) is 30.1 Å². The lowest BCUT2D eigenvalue weighted by atomic mass is 10.1. The van der Waals surface area contributed by atoms with E-state index < -0.39 is 6.09 Å². The van der Waals surface area contributed by atoms with Crippen molar-refractivity contribution in [1.29, 1.82) is 0 Å². The third-order valence-corrected chi connectivity index (χ3v) is 5.36. The number of carbonyl (C=O) groups excluding carboxylic acids is 1. The molecule has 0 N–H and O–H groups in total. The van der Waals surface area contributed by atoms with E-state index in [1.54, 1.807) is 4.90 Å². The Labute approximate surface area is 183 Å². The van der Waals surface area contributed by atoms with Crippen LogP contribution in [-0.4, -0.2) is 34.3 Å². The lowest BCUT2D eigenvalue weighted by Crippen LogP contribution is -2.35. The number of hydrogen-bond donors (Lipinski definition) is 0. The van der Waals surface area contributed by atoms with Crippen LogP contribution in [0, 0.1) is 6.92 Å². The van der Waals surface area contributed by atoms with Crippen molar-refractivity contribution in [2.24, 2.45) is 0 Å². The average molecular weight is 432 g/mol. The van der Waals surface area contributed by atoms with Gasteiger partial charge in [-0.15, -0.1) is 10.2 Å². The Morgan fingerprint density at radius 2 is 1.87 bits per heavy atom. The van der Waals surface area contributed by atoms with Gasteiger partial charge in [0.05, 0.1) is 0 Å². The maximum Gasteiger partial charge on any atom is 0.415 e. The highest BCUT2D eigenvalue weighted by atomic mass is 35.5. The third-order valence-electron chi connectivity index (χ3n) is 5.17. The second-order valence-electron chi connectivity index (χ2n) is 7.77. The lowest BCUT2D eigenvalue weighted by Gasteiger charge is -2.22. The van der Waals surface area contributed by atoms with Gasteiger partial charge in [0.15, 0.2) is 10.9 Å². The monoisotopic (exact) mass is 431 g/mol. The molecule has 0 unspecified atom stereocenters. The van der Waals surface area contributed by atoms with E-state index in [-0.39, 0.29) is 16.8 Å². The maximum atomic E-state index is 12.8. The van der Waals surface area contributed by atoms with Crippen molar-refractivity contribution < 1.29 is 14.3 Å². The van der Waals surface area contributed by atoms with Gasteiger partial charge in [0.25, 0.3) is 5.88 Å². The van der Waals surface area contributed by atoms with Crippen LogP contribution >= 0.6 is 11.6 Å². The fraction of sp³-hybridized carbons (Fsp3) is 0.522. The molecule has 0 spiro atoms. The molecule has 0 aliphatic heterocycles. The van der Waals surface area contributed by atoms with Crippen LogP contribution in [0.5, 0.6) is 17.4 Å². The van der Waals surface area contributed by atoms with Crippen molar-refractivity contribution in [3.8, 4) is 17.4 Å². The van der Waals surface area contributed by atoms with E-state index in [1.807, 2.05) is 19.1 Å². The van der Waals surface area contributed by atoms with Gasteiger partial charge < -0.3 is 14.4 Å². The van der Waals surface area contributed by atoms with Crippen LogP contribution in [0.3, 0.4) is 0 Å². The molecule has 1 aliphatic rings. The van der Waals surface area contributed by atoms with E-state index in [0.29, 0.717) is 19.0 Å². The fourth-order valence-electron chi connectivity index (χ4n) is 3.26. The predicted octanol–water partition coefficient (Wildman–Crippen LogP) is 6.51. The summed E-state index contributed by atoms with van der Waals surface area (Å²) in [7, 11) is 0. The van der Waals surface area contributed by atoms with E-state index in [1.165, 1.54) is 6.07 Å². The first-order valence-electron chi connectivity index (χ1n) is 10.8. The van der Waals surface area contributed by atoms with Crippen LogP contribution in [0.1, 0.15) is 69.4 Å². The van der Waals surface area contributed by atoms with Crippen molar-refractivity contribution in [3.63, 3.8) is 0 Å². The van der Waals surface area contributed by atoms with Gasteiger partial charge in [0.2, 0.25) is 0 Å². The number of benzene rings is 1. The molecular weight excluding hydrogens is 402 g/mol. The SMILES string of the molecule is CCCCN(CCCC)C(=O)Oc1cc(Cl)nnc1Oc1c(C)cccc1C1CC1. The summed E-state index contributed by atoms with van der Waals surface area (Å²) in [6.45, 7) is 7.50. The van der Waals surface area contributed by atoms with Crippen molar-refractivity contribution >= 4 is 17.7 Å². The van der Waals surface area contributed by atoms with Gasteiger partial charge in [-0.05, 0) is 49.7 Å². The van der Waals surface area contributed by atoms with E-state index in [4.69, 9.17) is 21.1 Å². The minimum atomic E-state index is -0.419. The first-order chi connectivity index (χ1) is 14.5. The van der Waals surface area contributed by atoms with Crippen molar-refractivity contribution in [2.75, 3.05) is 13.1 Å². The van der Waals surface area contributed by atoms with Gasteiger partial charge in [-0.1, -0.05) is 56.5 Å². The zero-order valence-corrected chi connectivity index (χ0v) is 18.7. The second kappa shape index (κ2) is 10.6. The molecule has 2 aromatic rings. The molecule has 0 radical (unpaired) electrons. The molecule has 1 aromatic heterocycles. The Balaban J connectivity index is 1.83. The van der Waals surface area contributed by atoms with Crippen LogP contribution in [0.2, 0.25) is 5.15 Å². The zero-order valence-electron chi connectivity index (χ0n) is 18.0. The largest absolute Gasteiger partial charge is 0.434 e. The average Bonchev–Trinajstić information content (AvgIpc) is 3.56. The molecule has 30 heavy (non-hydrogen) atoms. The first-order valence-corrected chi connectivity index (χ1v) is 11.2. The van der Waals surface area contributed by atoms with Crippen LogP contribution < -0.4 is 9.47 Å². The molecule has 1 aromatic carbocycles. The Morgan fingerprint density at radius 1 is 1.17 bits per heavy atom. The molecule has 0 bridgehead atoms. The molecular formula is C23H30ClN3O3. The van der Waals surface area contributed by atoms with Crippen LogP contribution in [0.15, 0.2) is 24.3 Å². The van der Waals surface area contributed by atoms with E-state index in [0.717, 1.165) is 55.4 Å². The number of para-hydroxylation sites is 1. The lowest BCUT2D eigenvalue weighted by molar-refractivity contribution is 0.149. The highest BCUT2D eigenvalue weighted by Crippen LogP contribution is 2.46. The first kappa shape index (κ1) is 22.3. The molecule has 1 saturated carbocycles. The second-order valence-corrected chi connectivity index (χ2v) is 8.16. The highest BCUT2D eigenvalue weighted by Gasteiger charge is 2.28. The van der Waals surface area contributed by atoms with Gasteiger partial charge in [-0.3, -0.25) is 0 Å². The number of halogens is 1. The number of nitrogens with zero attached hydrogens (tertiary/aromatic N) is 3. The normalized spacial score (nSPS) is 13.2. The van der Waals surface area contributed by atoms with Crippen LogP contribution in [0.25, 0.3) is 0 Å². The van der Waals surface area contributed by atoms with Crippen LogP contribution in [0.4, 0.5) is 4.79 Å². The summed E-state index contributed by atoms with van der Waals surface area (Å²) in [5.41, 5.74) is 2.15. The molecule has 3 rings (SSSR count). The third kappa shape index (κ3) is 5.85. The Hall–Kier alpha value is -2.34. The summed E-state index contributed by atoms with van der Waals surface area (Å²) in [6, 6.07) is 7.58. The summed E-state index contributed by atoms with van der Waals surface area (Å²) in [5, 5.41) is 8.11. The van der Waals surface area contributed by atoms with Gasteiger partial charge in [-0.2, -0.15) is 0 Å². The molecule has 1 amide bonds. The number of unbranched alkanes of at least 4 members (excludes halogenated alkanes) is 2. The topological polar surface area (TPSA) is 64.6 Å². The summed E-state index contributed by atoms with van der Waals surface area (Å²) in [4.78, 5) is 14.6. The molecule has 0 atom stereocenters. The van der Waals surface area contributed by atoms with Gasteiger partial charge in [-0.25, -0.2) is 4.79 Å².